The van der Waals surface area contributed by atoms with E-state index in [2.05, 4.69) is 43.4 Å². The summed E-state index contributed by atoms with van der Waals surface area (Å²) < 4.78 is 6.17. The molecule has 0 fully saturated rings. The van der Waals surface area contributed by atoms with Gasteiger partial charge >= 0.3 is 6.03 Å². The Kier molecular flexibility index (Phi) is 5.93. The summed E-state index contributed by atoms with van der Waals surface area (Å²) in [7, 11) is 0. The predicted octanol–water partition coefficient (Wildman–Crippen LogP) is 5.72. The van der Waals surface area contributed by atoms with Crippen LogP contribution in [0, 0.1) is 5.41 Å². The van der Waals surface area contributed by atoms with E-state index in [0.717, 1.165) is 28.8 Å². The number of ether oxygens (including phenoxy) is 1. The fraction of sp³-hybridized carbons (Fsp3) is 0.296. The van der Waals surface area contributed by atoms with Crippen LogP contribution in [0.25, 0.3) is 11.3 Å². The molecule has 2 heterocycles. The number of amides is 3. The molecule has 0 saturated carbocycles. The van der Waals surface area contributed by atoms with E-state index in [9.17, 15) is 9.59 Å². The number of aromatic nitrogens is 1. The Labute approximate surface area is 194 Å². The molecule has 3 N–H and O–H groups in total. The van der Waals surface area contributed by atoms with Crippen molar-refractivity contribution in [2.45, 2.75) is 46.0 Å². The van der Waals surface area contributed by atoms with Gasteiger partial charge in [-0.2, -0.15) is 0 Å². The Hall–Kier alpha value is -3.67. The number of hydrogen-bond donors (Lipinski definition) is 2. The molecule has 0 saturated heterocycles. The number of rotatable bonds is 5. The fourth-order valence-corrected chi connectivity index (χ4v) is 4.40. The highest BCUT2D eigenvalue weighted by atomic mass is 16.5. The quantitative estimate of drug-likeness (QED) is 0.527. The number of nitrogens with one attached hydrogen (secondary N) is 1. The van der Waals surface area contributed by atoms with Gasteiger partial charge in [0.2, 0.25) is 11.8 Å². The molecule has 1 aliphatic heterocycles. The highest BCUT2D eigenvalue weighted by molar-refractivity contribution is 5.97. The minimum atomic E-state index is -0.981. The van der Waals surface area contributed by atoms with E-state index in [-0.39, 0.29) is 5.92 Å². The van der Waals surface area contributed by atoms with Gasteiger partial charge in [-0.3, -0.25) is 10.1 Å². The maximum Gasteiger partial charge on any atom is 0.318 e. The number of pyridine rings is 1. The molecule has 6 heteroatoms. The van der Waals surface area contributed by atoms with Crippen LogP contribution >= 0.6 is 0 Å². The Morgan fingerprint density at radius 3 is 2.42 bits per heavy atom. The Balaban J connectivity index is 1.77. The zero-order valence-electron chi connectivity index (χ0n) is 19.4. The Morgan fingerprint density at radius 1 is 1.06 bits per heavy atom. The summed E-state index contributed by atoms with van der Waals surface area (Å²) in [4.78, 5) is 29.1. The van der Waals surface area contributed by atoms with Crippen molar-refractivity contribution in [2.75, 3.05) is 0 Å². The molecule has 0 bridgehead atoms. The van der Waals surface area contributed by atoms with Gasteiger partial charge < -0.3 is 10.5 Å². The van der Waals surface area contributed by atoms with Gasteiger partial charge in [-0.1, -0.05) is 76.2 Å². The Morgan fingerprint density at radius 2 is 1.76 bits per heavy atom. The maximum atomic E-state index is 12.9. The fourth-order valence-electron chi connectivity index (χ4n) is 4.40. The summed E-state index contributed by atoms with van der Waals surface area (Å²) in [5.74, 6) is 0.789. The molecule has 1 aromatic heterocycles. The zero-order chi connectivity index (χ0) is 23.8. The summed E-state index contributed by atoms with van der Waals surface area (Å²) in [5.41, 5.74) is 8.98. The van der Waals surface area contributed by atoms with Gasteiger partial charge in [-0.15, -0.1) is 0 Å². The third-order valence-electron chi connectivity index (χ3n) is 6.57. The SMILES string of the molecule is CCC(C)c1ccc(-c2ccc3c(n2)Oc2ccccc2[C@@H]3C(C)(C)C(=O)NC(N)=O)cc1. The second-order valence-electron chi connectivity index (χ2n) is 9.14. The van der Waals surface area contributed by atoms with E-state index >= 15 is 0 Å². The zero-order valence-corrected chi connectivity index (χ0v) is 19.4. The molecule has 4 rings (SSSR count). The van der Waals surface area contributed by atoms with Gasteiger partial charge in [-0.25, -0.2) is 9.78 Å². The van der Waals surface area contributed by atoms with Crippen LogP contribution in [0.2, 0.25) is 0 Å². The lowest BCUT2D eigenvalue weighted by molar-refractivity contribution is -0.128. The highest BCUT2D eigenvalue weighted by Crippen LogP contribution is 2.51. The number of nitrogens with two attached hydrogens (primary N) is 1. The van der Waals surface area contributed by atoms with E-state index < -0.39 is 17.4 Å². The molecule has 2 aromatic carbocycles. The molecule has 170 valence electrons. The van der Waals surface area contributed by atoms with Gasteiger partial charge in [0, 0.05) is 22.6 Å². The summed E-state index contributed by atoms with van der Waals surface area (Å²) >= 11 is 0. The van der Waals surface area contributed by atoms with Crippen molar-refractivity contribution in [1.29, 1.82) is 0 Å². The first-order valence-electron chi connectivity index (χ1n) is 11.2. The van der Waals surface area contributed by atoms with E-state index in [1.54, 1.807) is 13.8 Å². The van der Waals surface area contributed by atoms with Crippen LogP contribution in [-0.2, 0) is 4.79 Å². The molecular weight excluding hydrogens is 414 g/mol. The highest BCUT2D eigenvalue weighted by Gasteiger charge is 2.44. The molecule has 6 nitrogen and oxygen atoms in total. The number of para-hydroxylation sites is 1. The van der Waals surface area contributed by atoms with Gasteiger partial charge in [0.1, 0.15) is 5.75 Å². The number of fused-ring (bicyclic) bond motifs is 2. The molecule has 0 aliphatic carbocycles. The van der Waals surface area contributed by atoms with Crippen LogP contribution in [0.4, 0.5) is 4.79 Å². The second-order valence-corrected chi connectivity index (χ2v) is 9.14. The van der Waals surface area contributed by atoms with Gasteiger partial charge in [0.05, 0.1) is 11.1 Å². The first-order valence-corrected chi connectivity index (χ1v) is 11.2. The molecule has 33 heavy (non-hydrogen) atoms. The normalized spacial score (nSPS) is 15.6. The summed E-state index contributed by atoms with van der Waals surface area (Å²) in [6.45, 7) is 7.99. The second kappa shape index (κ2) is 8.70. The van der Waals surface area contributed by atoms with Crippen molar-refractivity contribution < 1.29 is 14.3 Å². The number of imide groups is 1. The van der Waals surface area contributed by atoms with Crippen LogP contribution in [-0.4, -0.2) is 16.9 Å². The third-order valence-corrected chi connectivity index (χ3v) is 6.57. The molecule has 3 aromatic rings. The van der Waals surface area contributed by atoms with Crippen molar-refractivity contribution in [3.8, 4) is 22.9 Å². The third kappa shape index (κ3) is 4.21. The first kappa shape index (κ1) is 22.5. The number of carbonyl (C=O) groups excluding carboxylic acids is 2. The van der Waals surface area contributed by atoms with E-state index in [0.29, 0.717) is 17.5 Å². The van der Waals surface area contributed by atoms with E-state index in [1.165, 1.54) is 5.56 Å². The lowest BCUT2D eigenvalue weighted by Gasteiger charge is -2.37. The van der Waals surface area contributed by atoms with Crippen molar-refractivity contribution in [2.24, 2.45) is 11.1 Å². The minimum Gasteiger partial charge on any atom is -0.438 e. The number of urea groups is 1. The summed E-state index contributed by atoms with van der Waals surface area (Å²) in [6, 6.07) is 19.1. The molecule has 3 amide bonds. The van der Waals surface area contributed by atoms with Crippen molar-refractivity contribution in [3.05, 3.63) is 77.4 Å². The number of nitrogens with zero attached hydrogens (tertiary/aromatic N) is 1. The van der Waals surface area contributed by atoms with E-state index in [1.807, 2.05) is 36.4 Å². The monoisotopic (exact) mass is 443 g/mol. The van der Waals surface area contributed by atoms with Gasteiger partial charge in [-0.05, 0) is 30.0 Å². The molecular formula is C27H29N3O3. The molecule has 1 unspecified atom stereocenters. The lowest BCUT2D eigenvalue weighted by atomic mass is 9.69. The average Bonchev–Trinajstić information content (AvgIpc) is 2.81. The topological polar surface area (TPSA) is 94.3 Å². The van der Waals surface area contributed by atoms with E-state index in [4.69, 9.17) is 15.5 Å². The molecule has 2 atom stereocenters. The minimum absolute atomic E-state index is 0.369. The maximum absolute atomic E-state index is 12.9. The van der Waals surface area contributed by atoms with Gasteiger partial charge in [0.15, 0.2) is 0 Å². The van der Waals surface area contributed by atoms with Gasteiger partial charge in [0.25, 0.3) is 0 Å². The standard InChI is InChI=1S/C27H29N3O3/c1-5-16(2)17-10-12-18(13-11-17)21-15-14-20-23(27(3,4)25(31)30-26(28)32)19-8-6-7-9-22(19)33-24(20)29-21/h6-16,23H,5H2,1-4H3,(H3,28,30,31,32)/t16?,23-/m0/s1. The Bertz CT molecular complexity index is 1200. The van der Waals surface area contributed by atoms with Crippen LogP contribution in [0.15, 0.2) is 60.7 Å². The molecule has 1 aliphatic rings. The summed E-state index contributed by atoms with van der Waals surface area (Å²) in [6.07, 6.45) is 1.09. The summed E-state index contributed by atoms with van der Waals surface area (Å²) in [5, 5.41) is 2.24. The molecule has 0 radical (unpaired) electrons. The average molecular weight is 444 g/mol. The first-order chi connectivity index (χ1) is 15.7. The van der Waals surface area contributed by atoms with Crippen molar-refractivity contribution >= 4 is 11.9 Å². The lowest BCUT2D eigenvalue weighted by Crippen LogP contribution is -2.46. The smallest absolute Gasteiger partial charge is 0.318 e. The van der Waals surface area contributed by atoms with Crippen LogP contribution in [0.5, 0.6) is 11.6 Å². The predicted molar refractivity (Wildman–Crippen MR) is 128 cm³/mol. The van der Waals surface area contributed by atoms with Crippen molar-refractivity contribution in [3.63, 3.8) is 0 Å². The van der Waals surface area contributed by atoms with Crippen LogP contribution in [0.1, 0.15) is 62.6 Å². The molecule has 0 spiro atoms. The van der Waals surface area contributed by atoms with Crippen LogP contribution < -0.4 is 15.8 Å². The van der Waals surface area contributed by atoms with Crippen molar-refractivity contribution in [1.82, 2.24) is 10.3 Å². The number of carbonyl (C=O) groups is 2. The largest absolute Gasteiger partial charge is 0.438 e. The van der Waals surface area contributed by atoms with Crippen LogP contribution in [0.3, 0.4) is 0 Å². The number of benzene rings is 2. The number of primary amides is 1. The number of hydrogen-bond acceptors (Lipinski definition) is 4.